The van der Waals surface area contributed by atoms with E-state index in [-0.39, 0.29) is 11.5 Å². The SMILES string of the molecule is CC(C)(C)CCOC1CCc2ccccc2C1O. The van der Waals surface area contributed by atoms with Gasteiger partial charge in [-0.15, -0.1) is 0 Å². The summed E-state index contributed by atoms with van der Waals surface area (Å²) < 4.78 is 5.88. The Morgan fingerprint density at radius 2 is 2.00 bits per heavy atom. The lowest BCUT2D eigenvalue weighted by atomic mass is 9.87. The number of ether oxygens (including phenoxy) is 1. The van der Waals surface area contributed by atoms with E-state index in [0.717, 1.165) is 31.4 Å². The molecule has 0 aliphatic heterocycles. The molecule has 1 aromatic rings. The van der Waals surface area contributed by atoms with Crippen LogP contribution < -0.4 is 0 Å². The van der Waals surface area contributed by atoms with Crippen LogP contribution in [0.25, 0.3) is 0 Å². The van der Waals surface area contributed by atoms with E-state index in [2.05, 4.69) is 26.8 Å². The predicted molar refractivity (Wildman–Crippen MR) is 73.5 cm³/mol. The van der Waals surface area contributed by atoms with Gasteiger partial charge in [0.2, 0.25) is 0 Å². The molecule has 0 radical (unpaired) electrons. The van der Waals surface area contributed by atoms with E-state index in [4.69, 9.17) is 4.74 Å². The van der Waals surface area contributed by atoms with Crippen molar-refractivity contribution in [1.29, 1.82) is 0 Å². The van der Waals surface area contributed by atoms with Crippen LogP contribution in [-0.4, -0.2) is 17.8 Å². The number of aliphatic hydroxyl groups is 1. The van der Waals surface area contributed by atoms with E-state index in [9.17, 15) is 5.11 Å². The third kappa shape index (κ3) is 3.33. The number of hydrogen-bond donors (Lipinski definition) is 1. The van der Waals surface area contributed by atoms with E-state index in [0.29, 0.717) is 0 Å². The Hall–Kier alpha value is -0.860. The van der Waals surface area contributed by atoms with E-state index in [1.807, 2.05) is 18.2 Å². The third-order valence-electron chi connectivity index (χ3n) is 3.61. The molecule has 0 saturated carbocycles. The Morgan fingerprint density at radius 3 is 2.72 bits per heavy atom. The lowest BCUT2D eigenvalue weighted by molar-refractivity contribution is -0.0544. The number of benzene rings is 1. The zero-order chi connectivity index (χ0) is 13.2. The van der Waals surface area contributed by atoms with Gasteiger partial charge in [0, 0.05) is 6.61 Å². The topological polar surface area (TPSA) is 29.5 Å². The van der Waals surface area contributed by atoms with Gasteiger partial charge in [-0.3, -0.25) is 0 Å². The molecule has 2 unspecified atom stereocenters. The number of aryl methyl sites for hydroxylation is 1. The van der Waals surface area contributed by atoms with Crippen molar-refractivity contribution >= 4 is 0 Å². The lowest BCUT2D eigenvalue weighted by Crippen LogP contribution is -2.29. The zero-order valence-corrected chi connectivity index (χ0v) is 11.6. The van der Waals surface area contributed by atoms with Crippen LogP contribution in [0.5, 0.6) is 0 Å². The minimum Gasteiger partial charge on any atom is -0.386 e. The van der Waals surface area contributed by atoms with Crippen molar-refractivity contribution in [3.63, 3.8) is 0 Å². The molecule has 1 aliphatic carbocycles. The second kappa shape index (κ2) is 5.41. The van der Waals surface area contributed by atoms with Gasteiger partial charge in [0.15, 0.2) is 0 Å². The van der Waals surface area contributed by atoms with Crippen molar-refractivity contribution in [2.24, 2.45) is 5.41 Å². The summed E-state index contributed by atoms with van der Waals surface area (Å²) in [4.78, 5) is 0. The van der Waals surface area contributed by atoms with Crippen molar-refractivity contribution in [3.8, 4) is 0 Å². The normalized spacial score (nSPS) is 23.8. The molecule has 1 N–H and O–H groups in total. The highest BCUT2D eigenvalue weighted by molar-refractivity contribution is 5.32. The van der Waals surface area contributed by atoms with Gasteiger partial charge in [-0.05, 0) is 35.8 Å². The molecule has 0 heterocycles. The second-order valence-corrected chi connectivity index (χ2v) is 6.40. The molecule has 2 rings (SSSR count). The van der Waals surface area contributed by atoms with Gasteiger partial charge in [-0.2, -0.15) is 0 Å². The molecule has 0 saturated heterocycles. The molecule has 2 nitrogen and oxygen atoms in total. The molecule has 100 valence electrons. The van der Waals surface area contributed by atoms with E-state index >= 15 is 0 Å². The number of aliphatic hydroxyl groups excluding tert-OH is 1. The highest BCUT2D eigenvalue weighted by atomic mass is 16.5. The van der Waals surface area contributed by atoms with Gasteiger partial charge in [-0.25, -0.2) is 0 Å². The second-order valence-electron chi connectivity index (χ2n) is 6.40. The molecule has 18 heavy (non-hydrogen) atoms. The Bertz CT molecular complexity index is 392. The Labute approximate surface area is 110 Å². The molecular weight excluding hydrogens is 224 g/mol. The van der Waals surface area contributed by atoms with Crippen LogP contribution in [0.3, 0.4) is 0 Å². The summed E-state index contributed by atoms with van der Waals surface area (Å²) in [6.45, 7) is 7.36. The molecule has 1 aliphatic rings. The summed E-state index contributed by atoms with van der Waals surface area (Å²) in [5, 5.41) is 10.3. The average molecular weight is 248 g/mol. The fourth-order valence-corrected chi connectivity index (χ4v) is 2.40. The maximum Gasteiger partial charge on any atom is 0.105 e. The van der Waals surface area contributed by atoms with Gasteiger partial charge < -0.3 is 9.84 Å². The summed E-state index contributed by atoms with van der Waals surface area (Å²) in [7, 11) is 0. The average Bonchev–Trinajstić information content (AvgIpc) is 2.31. The standard InChI is InChI=1S/C16H24O2/c1-16(2,3)10-11-18-14-9-8-12-6-4-5-7-13(12)15(14)17/h4-7,14-15,17H,8-11H2,1-3H3. The highest BCUT2D eigenvalue weighted by Crippen LogP contribution is 2.32. The summed E-state index contributed by atoms with van der Waals surface area (Å²) in [5.74, 6) is 0. The summed E-state index contributed by atoms with van der Waals surface area (Å²) in [5.41, 5.74) is 2.60. The molecule has 2 heteroatoms. The highest BCUT2D eigenvalue weighted by Gasteiger charge is 2.28. The number of rotatable bonds is 3. The number of hydrogen-bond acceptors (Lipinski definition) is 2. The van der Waals surface area contributed by atoms with Crippen LogP contribution in [0.1, 0.15) is 50.8 Å². The van der Waals surface area contributed by atoms with Gasteiger partial charge in [0.25, 0.3) is 0 Å². The van der Waals surface area contributed by atoms with Crippen LogP contribution in [0, 0.1) is 5.41 Å². The smallest absolute Gasteiger partial charge is 0.105 e. The molecule has 2 atom stereocenters. The summed E-state index contributed by atoms with van der Waals surface area (Å²) >= 11 is 0. The first-order valence-corrected chi connectivity index (χ1v) is 6.85. The molecule has 1 aromatic carbocycles. The largest absolute Gasteiger partial charge is 0.386 e. The first kappa shape index (κ1) is 13.6. The lowest BCUT2D eigenvalue weighted by Gasteiger charge is -2.31. The van der Waals surface area contributed by atoms with Gasteiger partial charge in [-0.1, -0.05) is 45.0 Å². The van der Waals surface area contributed by atoms with Crippen molar-refractivity contribution in [2.75, 3.05) is 6.61 Å². The predicted octanol–water partition coefficient (Wildman–Crippen LogP) is 3.49. The molecule has 0 bridgehead atoms. The molecule has 0 fully saturated rings. The van der Waals surface area contributed by atoms with Gasteiger partial charge >= 0.3 is 0 Å². The van der Waals surface area contributed by atoms with Crippen molar-refractivity contribution < 1.29 is 9.84 Å². The minimum absolute atomic E-state index is 0.0396. The first-order chi connectivity index (χ1) is 8.47. The van der Waals surface area contributed by atoms with Crippen LogP contribution >= 0.6 is 0 Å². The summed E-state index contributed by atoms with van der Waals surface area (Å²) in [6, 6.07) is 8.13. The molecule has 0 spiro atoms. The van der Waals surface area contributed by atoms with E-state index < -0.39 is 6.10 Å². The Balaban J connectivity index is 1.93. The fourth-order valence-electron chi connectivity index (χ4n) is 2.40. The van der Waals surface area contributed by atoms with E-state index in [1.54, 1.807) is 0 Å². The Kier molecular flexibility index (Phi) is 4.08. The van der Waals surface area contributed by atoms with Gasteiger partial charge in [0.1, 0.15) is 6.10 Å². The maximum absolute atomic E-state index is 10.3. The minimum atomic E-state index is -0.463. The molecule has 0 aromatic heterocycles. The quantitative estimate of drug-likeness (QED) is 0.887. The summed E-state index contributed by atoms with van der Waals surface area (Å²) in [6.07, 6.45) is 2.45. The van der Waals surface area contributed by atoms with Gasteiger partial charge in [0.05, 0.1) is 6.10 Å². The fraction of sp³-hybridized carbons (Fsp3) is 0.625. The molecular formula is C16H24O2. The maximum atomic E-state index is 10.3. The van der Waals surface area contributed by atoms with Crippen molar-refractivity contribution in [2.45, 2.75) is 52.2 Å². The third-order valence-corrected chi connectivity index (χ3v) is 3.61. The van der Waals surface area contributed by atoms with Crippen molar-refractivity contribution in [3.05, 3.63) is 35.4 Å². The molecule has 0 amide bonds. The van der Waals surface area contributed by atoms with E-state index in [1.165, 1.54) is 5.56 Å². The van der Waals surface area contributed by atoms with Crippen LogP contribution in [-0.2, 0) is 11.2 Å². The first-order valence-electron chi connectivity index (χ1n) is 6.85. The monoisotopic (exact) mass is 248 g/mol. The Morgan fingerprint density at radius 1 is 1.28 bits per heavy atom. The van der Waals surface area contributed by atoms with Crippen LogP contribution in [0.4, 0.5) is 0 Å². The number of fused-ring (bicyclic) bond motifs is 1. The van der Waals surface area contributed by atoms with Crippen LogP contribution in [0.2, 0.25) is 0 Å². The zero-order valence-electron chi connectivity index (χ0n) is 11.6. The van der Waals surface area contributed by atoms with Crippen LogP contribution in [0.15, 0.2) is 24.3 Å². The van der Waals surface area contributed by atoms with Crippen molar-refractivity contribution in [1.82, 2.24) is 0 Å².